The Hall–Kier alpha value is -2.26. The SMILES string of the molecule is Cn1cc(C(=O)N2CCC(NC(=O)OC(C)(C)C)CC2)c(C(F)(F)F)n1. The Morgan fingerprint density at radius 3 is 2.31 bits per heavy atom. The van der Waals surface area contributed by atoms with Crippen LogP contribution in [0.15, 0.2) is 6.20 Å². The zero-order valence-corrected chi connectivity index (χ0v) is 15.2. The number of nitrogens with one attached hydrogen (secondary N) is 1. The maximum absolute atomic E-state index is 13.0. The van der Waals surface area contributed by atoms with E-state index in [1.165, 1.54) is 11.9 Å². The average molecular weight is 376 g/mol. The maximum atomic E-state index is 13.0. The minimum Gasteiger partial charge on any atom is -0.444 e. The number of piperidine rings is 1. The predicted octanol–water partition coefficient (Wildman–Crippen LogP) is 2.57. The molecule has 0 unspecified atom stereocenters. The number of carbonyl (C=O) groups excluding carboxylic acids is 2. The van der Waals surface area contributed by atoms with Gasteiger partial charge in [0.15, 0.2) is 5.69 Å². The van der Waals surface area contributed by atoms with E-state index in [0.717, 1.165) is 10.9 Å². The number of alkyl carbamates (subject to hydrolysis) is 1. The van der Waals surface area contributed by atoms with E-state index in [0.29, 0.717) is 12.8 Å². The second-order valence-electron chi connectivity index (χ2n) is 7.28. The molecular weight excluding hydrogens is 353 g/mol. The van der Waals surface area contributed by atoms with Gasteiger partial charge in [-0.15, -0.1) is 0 Å². The highest BCUT2D eigenvalue weighted by atomic mass is 19.4. The van der Waals surface area contributed by atoms with E-state index in [-0.39, 0.29) is 19.1 Å². The van der Waals surface area contributed by atoms with E-state index in [2.05, 4.69) is 10.4 Å². The van der Waals surface area contributed by atoms with Crippen LogP contribution in [0.3, 0.4) is 0 Å². The predicted molar refractivity (Wildman–Crippen MR) is 86.5 cm³/mol. The number of carbonyl (C=O) groups is 2. The summed E-state index contributed by atoms with van der Waals surface area (Å²) in [6.07, 6.45) is -3.29. The number of hydrogen-bond acceptors (Lipinski definition) is 4. The zero-order valence-electron chi connectivity index (χ0n) is 15.2. The van der Waals surface area contributed by atoms with Gasteiger partial charge in [-0.1, -0.05) is 0 Å². The number of likely N-dealkylation sites (tertiary alicyclic amines) is 1. The van der Waals surface area contributed by atoms with Crippen molar-refractivity contribution in [3.63, 3.8) is 0 Å². The summed E-state index contributed by atoms with van der Waals surface area (Å²) < 4.78 is 45.2. The van der Waals surface area contributed by atoms with Gasteiger partial charge in [-0.3, -0.25) is 9.48 Å². The molecule has 1 aromatic heterocycles. The molecule has 0 radical (unpaired) electrons. The largest absolute Gasteiger partial charge is 0.444 e. The third-order valence-corrected chi connectivity index (χ3v) is 3.83. The summed E-state index contributed by atoms with van der Waals surface area (Å²) in [7, 11) is 1.34. The first-order chi connectivity index (χ1) is 11.9. The Morgan fingerprint density at radius 2 is 1.81 bits per heavy atom. The summed E-state index contributed by atoms with van der Waals surface area (Å²) in [5, 5.41) is 6.08. The van der Waals surface area contributed by atoms with Crippen molar-refractivity contribution in [2.75, 3.05) is 13.1 Å². The number of halogens is 3. The molecule has 0 aromatic carbocycles. The highest BCUT2D eigenvalue weighted by Gasteiger charge is 2.40. The molecule has 0 aliphatic carbocycles. The number of amides is 2. The van der Waals surface area contributed by atoms with Gasteiger partial charge in [0.1, 0.15) is 5.60 Å². The second-order valence-corrected chi connectivity index (χ2v) is 7.28. The first kappa shape index (κ1) is 20.1. The third-order valence-electron chi connectivity index (χ3n) is 3.83. The summed E-state index contributed by atoms with van der Waals surface area (Å²) >= 11 is 0. The number of nitrogens with zero attached hydrogens (tertiary/aromatic N) is 3. The van der Waals surface area contributed by atoms with Crippen molar-refractivity contribution in [2.45, 2.75) is 51.4 Å². The average Bonchev–Trinajstić information content (AvgIpc) is 2.87. The quantitative estimate of drug-likeness (QED) is 0.861. The van der Waals surface area contributed by atoms with Crippen LogP contribution in [0.2, 0.25) is 0 Å². The topological polar surface area (TPSA) is 76.5 Å². The lowest BCUT2D eigenvalue weighted by Gasteiger charge is -2.32. The first-order valence-corrected chi connectivity index (χ1v) is 8.26. The van der Waals surface area contributed by atoms with Crippen molar-refractivity contribution >= 4 is 12.0 Å². The molecule has 0 bridgehead atoms. The van der Waals surface area contributed by atoms with Gasteiger partial charge >= 0.3 is 12.3 Å². The lowest BCUT2D eigenvalue weighted by atomic mass is 10.0. The molecule has 1 fully saturated rings. The number of aromatic nitrogens is 2. The molecule has 0 spiro atoms. The first-order valence-electron chi connectivity index (χ1n) is 8.26. The van der Waals surface area contributed by atoms with Crippen LogP contribution in [0.1, 0.15) is 49.7 Å². The molecule has 1 aromatic rings. The van der Waals surface area contributed by atoms with Gasteiger partial charge in [0.25, 0.3) is 5.91 Å². The molecular formula is C16H23F3N4O3. The van der Waals surface area contributed by atoms with Crippen LogP contribution < -0.4 is 5.32 Å². The van der Waals surface area contributed by atoms with Gasteiger partial charge < -0.3 is 15.0 Å². The van der Waals surface area contributed by atoms with Crippen LogP contribution in [0.25, 0.3) is 0 Å². The van der Waals surface area contributed by atoms with E-state index in [1.807, 2.05) is 0 Å². The summed E-state index contributed by atoms with van der Waals surface area (Å²) in [4.78, 5) is 25.6. The Morgan fingerprint density at radius 1 is 1.23 bits per heavy atom. The standard InChI is InChI=1S/C16H23F3N4O3/c1-15(2,3)26-14(25)20-10-5-7-23(8-6-10)13(24)11-9-22(4)21-12(11)16(17,18)19/h9-10H,5-8H2,1-4H3,(H,20,25). The van der Waals surface area contributed by atoms with Crippen molar-refractivity contribution < 1.29 is 27.5 Å². The van der Waals surface area contributed by atoms with Crippen LogP contribution in [-0.4, -0.2) is 51.4 Å². The number of ether oxygens (including phenoxy) is 1. The normalized spacial score (nSPS) is 16.5. The number of hydrogen-bond donors (Lipinski definition) is 1. The molecule has 26 heavy (non-hydrogen) atoms. The zero-order chi connectivity index (χ0) is 19.7. The summed E-state index contributed by atoms with van der Waals surface area (Å²) in [5.74, 6) is -0.707. The smallest absolute Gasteiger partial charge is 0.435 e. The Balaban J connectivity index is 1.96. The molecule has 2 amide bonds. The number of rotatable bonds is 2. The third kappa shape index (κ3) is 5.12. The van der Waals surface area contributed by atoms with Crippen LogP contribution in [-0.2, 0) is 18.0 Å². The monoisotopic (exact) mass is 376 g/mol. The number of aryl methyl sites for hydroxylation is 1. The summed E-state index contributed by atoms with van der Waals surface area (Å²) in [5.41, 5.74) is -2.26. The van der Waals surface area contributed by atoms with Gasteiger partial charge in [-0.25, -0.2) is 4.79 Å². The molecule has 1 aliphatic rings. The van der Waals surface area contributed by atoms with Crippen molar-refractivity contribution in [1.29, 1.82) is 0 Å². The highest BCUT2D eigenvalue weighted by Crippen LogP contribution is 2.31. The van der Waals surface area contributed by atoms with Crippen molar-refractivity contribution in [1.82, 2.24) is 20.0 Å². The van der Waals surface area contributed by atoms with E-state index in [9.17, 15) is 22.8 Å². The van der Waals surface area contributed by atoms with Crippen molar-refractivity contribution in [2.24, 2.45) is 7.05 Å². The fraction of sp³-hybridized carbons (Fsp3) is 0.688. The molecule has 146 valence electrons. The Bertz CT molecular complexity index is 671. The molecule has 1 saturated heterocycles. The minimum atomic E-state index is -4.69. The maximum Gasteiger partial charge on any atom is 0.435 e. The molecule has 0 atom stereocenters. The summed E-state index contributed by atoms with van der Waals surface area (Å²) in [6, 6.07) is -0.190. The van der Waals surface area contributed by atoms with E-state index in [4.69, 9.17) is 4.74 Å². The van der Waals surface area contributed by atoms with Gasteiger partial charge in [0.2, 0.25) is 0 Å². The summed E-state index contributed by atoms with van der Waals surface area (Å²) in [6.45, 7) is 5.73. The highest BCUT2D eigenvalue weighted by molar-refractivity contribution is 5.95. The van der Waals surface area contributed by atoms with Gasteiger partial charge in [-0.05, 0) is 33.6 Å². The van der Waals surface area contributed by atoms with Crippen LogP contribution >= 0.6 is 0 Å². The Kier molecular flexibility index (Phi) is 5.52. The fourth-order valence-corrected chi connectivity index (χ4v) is 2.73. The molecule has 0 saturated carbocycles. The molecule has 2 heterocycles. The number of alkyl halides is 3. The lowest BCUT2D eigenvalue weighted by Crippen LogP contribution is -2.47. The lowest BCUT2D eigenvalue weighted by molar-refractivity contribution is -0.141. The van der Waals surface area contributed by atoms with Crippen LogP contribution in [0.4, 0.5) is 18.0 Å². The molecule has 10 heteroatoms. The second kappa shape index (κ2) is 7.16. The van der Waals surface area contributed by atoms with Crippen molar-refractivity contribution in [3.8, 4) is 0 Å². The molecule has 2 rings (SSSR count). The van der Waals surface area contributed by atoms with Gasteiger partial charge in [0, 0.05) is 32.4 Å². The molecule has 1 N–H and O–H groups in total. The van der Waals surface area contributed by atoms with E-state index in [1.54, 1.807) is 20.8 Å². The molecule has 1 aliphatic heterocycles. The van der Waals surface area contributed by atoms with E-state index < -0.39 is 35.0 Å². The van der Waals surface area contributed by atoms with Crippen LogP contribution in [0.5, 0.6) is 0 Å². The Labute approximate surface area is 149 Å². The molecule has 7 nitrogen and oxygen atoms in total. The van der Waals surface area contributed by atoms with E-state index >= 15 is 0 Å². The van der Waals surface area contributed by atoms with Crippen molar-refractivity contribution in [3.05, 3.63) is 17.5 Å². The van der Waals surface area contributed by atoms with Gasteiger partial charge in [0.05, 0.1) is 5.56 Å². The van der Waals surface area contributed by atoms with Gasteiger partial charge in [-0.2, -0.15) is 18.3 Å². The minimum absolute atomic E-state index is 0.190. The van der Waals surface area contributed by atoms with Crippen LogP contribution in [0, 0.1) is 0 Å². The fourth-order valence-electron chi connectivity index (χ4n) is 2.73.